The van der Waals surface area contributed by atoms with Gasteiger partial charge in [0.25, 0.3) is 0 Å². The topological polar surface area (TPSA) is 93.8 Å². The molecule has 9 heteroatoms. The lowest BCUT2D eigenvalue weighted by Gasteiger charge is -2.30. The molecule has 0 unspecified atom stereocenters. The van der Waals surface area contributed by atoms with E-state index in [-0.39, 0.29) is 5.92 Å². The van der Waals surface area contributed by atoms with E-state index in [2.05, 4.69) is 45.3 Å². The third kappa shape index (κ3) is 3.56. The van der Waals surface area contributed by atoms with E-state index in [0.717, 1.165) is 71.1 Å². The Morgan fingerprint density at radius 3 is 2.22 bits per heavy atom. The number of nitrogens with one attached hydrogen (secondary N) is 3. The molecule has 168 valence electrons. The normalized spacial score (nSPS) is 14.5. The van der Waals surface area contributed by atoms with Crippen LogP contribution in [0.5, 0.6) is 0 Å². The number of anilines is 4. The smallest absolute Gasteiger partial charge is 0.226 e. The van der Waals surface area contributed by atoms with Gasteiger partial charge in [0, 0.05) is 45.2 Å². The van der Waals surface area contributed by atoms with E-state index < -0.39 is 0 Å². The van der Waals surface area contributed by atoms with E-state index in [1.165, 1.54) is 0 Å². The Morgan fingerprint density at radius 2 is 1.69 bits per heavy atom. The molecule has 0 bridgehead atoms. The SMILES string of the molecule is CNc1nc(N2CCC(C#N)CC2)c2c(NC)c(NC)n(-c3c(C)cc(Cl)cc3C)c2n1. The molecule has 0 radical (unpaired) electrons. The van der Waals surface area contributed by atoms with Crippen LogP contribution in [-0.4, -0.2) is 48.8 Å². The molecular formula is C23H29ClN8. The molecule has 2 aromatic heterocycles. The van der Waals surface area contributed by atoms with Crippen LogP contribution in [0.2, 0.25) is 5.02 Å². The Balaban J connectivity index is 2.04. The number of piperidine rings is 1. The zero-order valence-electron chi connectivity index (χ0n) is 19.2. The van der Waals surface area contributed by atoms with Crippen molar-refractivity contribution in [3.8, 4) is 11.8 Å². The molecule has 1 aliphatic heterocycles. The standard InChI is InChI=1S/C23H29ClN8/c1-13-10-16(24)11-14(2)19(13)32-21-17(18(26-3)22(32)27-4)20(29-23(28-5)30-21)31-8-6-15(12-25)7-9-31/h10-11,15,26-27H,6-9H2,1-5H3,(H,28,29,30). The molecule has 32 heavy (non-hydrogen) atoms. The molecule has 3 aromatic rings. The third-order valence-electron chi connectivity index (χ3n) is 6.16. The summed E-state index contributed by atoms with van der Waals surface area (Å²) >= 11 is 6.33. The molecule has 1 fully saturated rings. The molecular weight excluding hydrogens is 424 g/mol. The van der Waals surface area contributed by atoms with Gasteiger partial charge in [0.2, 0.25) is 5.95 Å². The van der Waals surface area contributed by atoms with Gasteiger partial charge in [0.15, 0.2) is 5.65 Å². The van der Waals surface area contributed by atoms with Gasteiger partial charge in [-0.2, -0.15) is 15.2 Å². The van der Waals surface area contributed by atoms with Gasteiger partial charge < -0.3 is 20.9 Å². The Bertz CT molecular complexity index is 1180. The van der Waals surface area contributed by atoms with Crippen molar-refractivity contribution >= 4 is 45.9 Å². The van der Waals surface area contributed by atoms with E-state index in [9.17, 15) is 5.26 Å². The largest absolute Gasteiger partial charge is 0.384 e. The maximum absolute atomic E-state index is 9.32. The van der Waals surface area contributed by atoms with Crippen molar-refractivity contribution in [2.45, 2.75) is 26.7 Å². The zero-order chi connectivity index (χ0) is 23.0. The van der Waals surface area contributed by atoms with Gasteiger partial charge in [0.05, 0.1) is 22.8 Å². The lowest BCUT2D eigenvalue weighted by molar-refractivity contribution is 0.486. The lowest BCUT2D eigenvalue weighted by atomic mass is 9.98. The van der Waals surface area contributed by atoms with Crippen molar-refractivity contribution in [1.82, 2.24) is 14.5 Å². The van der Waals surface area contributed by atoms with E-state index in [1.54, 1.807) is 0 Å². The van der Waals surface area contributed by atoms with Crippen molar-refractivity contribution in [3.63, 3.8) is 0 Å². The van der Waals surface area contributed by atoms with Crippen LogP contribution in [0.25, 0.3) is 16.7 Å². The summed E-state index contributed by atoms with van der Waals surface area (Å²) in [6.07, 6.45) is 1.67. The second-order valence-electron chi connectivity index (χ2n) is 8.16. The van der Waals surface area contributed by atoms with Crippen LogP contribution in [0.4, 0.5) is 23.3 Å². The van der Waals surface area contributed by atoms with Crippen LogP contribution >= 0.6 is 11.6 Å². The van der Waals surface area contributed by atoms with E-state index in [1.807, 2.05) is 33.3 Å². The summed E-state index contributed by atoms with van der Waals surface area (Å²) in [7, 11) is 5.66. The molecule has 0 saturated carbocycles. The second-order valence-corrected chi connectivity index (χ2v) is 8.59. The minimum Gasteiger partial charge on any atom is -0.384 e. The maximum Gasteiger partial charge on any atom is 0.226 e. The molecule has 1 aliphatic rings. The Kier molecular flexibility index (Phi) is 6.02. The van der Waals surface area contributed by atoms with Gasteiger partial charge in [-0.25, -0.2) is 0 Å². The van der Waals surface area contributed by atoms with Crippen molar-refractivity contribution in [2.24, 2.45) is 5.92 Å². The van der Waals surface area contributed by atoms with E-state index >= 15 is 0 Å². The Hall–Kier alpha value is -3.18. The predicted molar refractivity (Wildman–Crippen MR) is 133 cm³/mol. The number of fused-ring (bicyclic) bond motifs is 1. The molecule has 3 heterocycles. The van der Waals surface area contributed by atoms with Crippen molar-refractivity contribution < 1.29 is 0 Å². The summed E-state index contributed by atoms with van der Waals surface area (Å²) in [5, 5.41) is 20.9. The van der Waals surface area contributed by atoms with E-state index in [0.29, 0.717) is 11.0 Å². The molecule has 8 nitrogen and oxygen atoms in total. The number of rotatable bonds is 5. The summed E-state index contributed by atoms with van der Waals surface area (Å²) in [6.45, 7) is 5.70. The minimum absolute atomic E-state index is 0.105. The number of aryl methyl sites for hydroxylation is 2. The van der Waals surface area contributed by atoms with E-state index in [4.69, 9.17) is 21.6 Å². The van der Waals surface area contributed by atoms with Gasteiger partial charge in [-0.1, -0.05) is 11.6 Å². The first-order valence-electron chi connectivity index (χ1n) is 10.8. The number of halogens is 1. The van der Waals surface area contributed by atoms with Crippen LogP contribution < -0.4 is 20.9 Å². The first-order valence-corrected chi connectivity index (χ1v) is 11.2. The monoisotopic (exact) mass is 452 g/mol. The summed E-state index contributed by atoms with van der Waals surface area (Å²) in [5.41, 5.74) is 4.92. The fraction of sp³-hybridized carbons (Fsp3) is 0.435. The van der Waals surface area contributed by atoms with Crippen LogP contribution in [-0.2, 0) is 0 Å². The van der Waals surface area contributed by atoms with Gasteiger partial charge in [-0.05, 0) is 49.9 Å². The Labute approximate surface area is 193 Å². The molecule has 0 atom stereocenters. The highest BCUT2D eigenvalue weighted by Gasteiger charge is 2.28. The number of benzene rings is 1. The van der Waals surface area contributed by atoms with Crippen LogP contribution in [0.1, 0.15) is 24.0 Å². The summed E-state index contributed by atoms with van der Waals surface area (Å²) in [6, 6.07) is 6.36. The second kappa shape index (κ2) is 8.75. The highest BCUT2D eigenvalue weighted by atomic mass is 35.5. The molecule has 3 N–H and O–H groups in total. The number of hydrogen-bond acceptors (Lipinski definition) is 7. The molecule has 0 amide bonds. The van der Waals surface area contributed by atoms with Gasteiger partial charge in [0.1, 0.15) is 11.6 Å². The summed E-state index contributed by atoms with van der Waals surface area (Å²) in [4.78, 5) is 12.0. The minimum atomic E-state index is 0.105. The number of nitrogens with zero attached hydrogens (tertiary/aromatic N) is 5. The third-order valence-corrected chi connectivity index (χ3v) is 6.38. The van der Waals surface area contributed by atoms with Gasteiger partial charge >= 0.3 is 0 Å². The van der Waals surface area contributed by atoms with Crippen LogP contribution in [0, 0.1) is 31.1 Å². The number of aromatic nitrogens is 3. The number of hydrogen-bond donors (Lipinski definition) is 3. The molecule has 1 saturated heterocycles. The van der Waals surface area contributed by atoms with Gasteiger partial charge in [-0.3, -0.25) is 4.57 Å². The summed E-state index contributed by atoms with van der Waals surface area (Å²) in [5.74, 6) is 2.45. The predicted octanol–water partition coefficient (Wildman–Crippen LogP) is 4.56. The fourth-order valence-corrected chi connectivity index (χ4v) is 5.00. The zero-order valence-corrected chi connectivity index (χ0v) is 19.9. The maximum atomic E-state index is 9.32. The number of nitriles is 1. The van der Waals surface area contributed by atoms with Crippen LogP contribution in [0.3, 0.4) is 0 Å². The Morgan fingerprint density at radius 1 is 1.03 bits per heavy atom. The molecule has 1 aromatic carbocycles. The highest BCUT2D eigenvalue weighted by molar-refractivity contribution is 6.30. The fourth-order valence-electron chi connectivity index (χ4n) is 4.67. The summed E-state index contributed by atoms with van der Waals surface area (Å²) < 4.78 is 2.15. The van der Waals surface area contributed by atoms with Crippen molar-refractivity contribution in [1.29, 1.82) is 5.26 Å². The first-order chi connectivity index (χ1) is 15.4. The highest BCUT2D eigenvalue weighted by Crippen LogP contribution is 2.43. The molecule has 0 aliphatic carbocycles. The van der Waals surface area contributed by atoms with Crippen molar-refractivity contribution in [2.75, 3.05) is 55.1 Å². The quantitative estimate of drug-likeness (QED) is 0.522. The van der Waals surface area contributed by atoms with Crippen molar-refractivity contribution in [3.05, 3.63) is 28.3 Å². The average molecular weight is 453 g/mol. The molecule has 0 spiro atoms. The first kappa shape index (κ1) is 22.0. The molecule has 4 rings (SSSR count). The average Bonchev–Trinajstić information content (AvgIpc) is 3.11. The lowest BCUT2D eigenvalue weighted by Crippen LogP contribution is -2.34. The van der Waals surface area contributed by atoms with Gasteiger partial charge in [-0.15, -0.1) is 0 Å². The van der Waals surface area contributed by atoms with Crippen LogP contribution in [0.15, 0.2) is 12.1 Å².